The van der Waals surface area contributed by atoms with Crippen LogP contribution in [0.3, 0.4) is 0 Å². The zero-order valence-electron chi connectivity index (χ0n) is 16.0. The van der Waals surface area contributed by atoms with Gasteiger partial charge in [-0.25, -0.2) is 4.39 Å². The summed E-state index contributed by atoms with van der Waals surface area (Å²) >= 11 is 0. The molecule has 3 rings (SSSR count). The van der Waals surface area contributed by atoms with Crippen LogP contribution in [0.1, 0.15) is 23.1 Å². The number of ether oxygens (including phenoxy) is 1. The average Bonchev–Trinajstić information content (AvgIpc) is 2.69. The van der Waals surface area contributed by atoms with Crippen LogP contribution in [0.25, 0.3) is 10.9 Å². The van der Waals surface area contributed by atoms with Crippen LogP contribution in [0.4, 0.5) is 4.39 Å². The van der Waals surface area contributed by atoms with Gasteiger partial charge in [-0.1, -0.05) is 18.2 Å². The molecule has 0 fully saturated rings. The van der Waals surface area contributed by atoms with Crippen molar-refractivity contribution in [2.24, 2.45) is 0 Å². The molecule has 6 heteroatoms. The van der Waals surface area contributed by atoms with Gasteiger partial charge >= 0.3 is 0 Å². The van der Waals surface area contributed by atoms with Gasteiger partial charge in [-0.05, 0) is 55.2 Å². The topological polar surface area (TPSA) is 71.2 Å². The first-order chi connectivity index (χ1) is 13.5. The summed E-state index contributed by atoms with van der Waals surface area (Å²) in [7, 11) is 1.57. The van der Waals surface area contributed by atoms with E-state index in [9.17, 15) is 14.0 Å². The van der Waals surface area contributed by atoms with Gasteiger partial charge in [0, 0.05) is 23.9 Å². The molecule has 146 valence electrons. The second kappa shape index (κ2) is 8.69. The highest BCUT2D eigenvalue weighted by Crippen LogP contribution is 2.25. The number of aryl methyl sites for hydroxylation is 2. The lowest BCUT2D eigenvalue weighted by Gasteiger charge is -2.10. The number of carbonyl (C=O) groups excluding carboxylic acids is 1. The molecule has 0 aliphatic carbocycles. The Bertz CT molecular complexity index is 1040. The van der Waals surface area contributed by atoms with E-state index in [1.807, 2.05) is 25.1 Å². The van der Waals surface area contributed by atoms with Crippen LogP contribution in [-0.2, 0) is 17.6 Å². The van der Waals surface area contributed by atoms with Crippen LogP contribution < -0.4 is 15.6 Å². The van der Waals surface area contributed by atoms with Gasteiger partial charge in [-0.3, -0.25) is 9.59 Å². The Morgan fingerprint density at radius 2 is 1.89 bits per heavy atom. The minimum atomic E-state index is -0.290. The molecule has 0 radical (unpaired) electrons. The van der Waals surface area contributed by atoms with E-state index < -0.39 is 0 Å². The van der Waals surface area contributed by atoms with Gasteiger partial charge in [-0.2, -0.15) is 0 Å². The smallest absolute Gasteiger partial charge is 0.251 e. The summed E-state index contributed by atoms with van der Waals surface area (Å²) in [5.74, 6) is 0.236. The highest BCUT2D eigenvalue weighted by atomic mass is 19.1. The van der Waals surface area contributed by atoms with Crippen molar-refractivity contribution in [1.82, 2.24) is 10.3 Å². The average molecular weight is 382 g/mol. The number of nitrogens with one attached hydrogen (secondary N) is 2. The van der Waals surface area contributed by atoms with Gasteiger partial charge in [0.25, 0.3) is 5.56 Å². The quantitative estimate of drug-likeness (QED) is 0.659. The summed E-state index contributed by atoms with van der Waals surface area (Å²) in [6.45, 7) is 2.35. The summed E-state index contributed by atoms with van der Waals surface area (Å²) in [6.07, 6.45) is 1.29. The minimum absolute atomic E-state index is 0.0978. The molecule has 1 amide bonds. The lowest BCUT2D eigenvalue weighted by Crippen LogP contribution is -2.27. The monoisotopic (exact) mass is 382 g/mol. The molecule has 0 saturated carbocycles. The van der Waals surface area contributed by atoms with Crippen molar-refractivity contribution in [2.45, 2.75) is 26.2 Å². The van der Waals surface area contributed by atoms with Crippen molar-refractivity contribution in [3.63, 3.8) is 0 Å². The number of fused-ring (bicyclic) bond motifs is 1. The highest BCUT2D eigenvalue weighted by Gasteiger charge is 2.10. The molecule has 28 heavy (non-hydrogen) atoms. The van der Waals surface area contributed by atoms with Crippen LogP contribution in [0, 0.1) is 12.7 Å². The maximum absolute atomic E-state index is 12.9. The summed E-state index contributed by atoms with van der Waals surface area (Å²) in [6, 6.07) is 11.7. The molecular weight excluding hydrogens is 359 g/mol. The molecule has 2 N–H and O–H groups in total. The van der Waals surface area contributed by atoms with E-state index in [1.165, 1.54) is 12.1 Å². The van der Waals surface area contributed by atoms with Gasteiger partial charge in [0.15, 0.2) is 0 Å². The maximum Gasteiger partial charge on any atom is 0.251 e. The van der Waals surface area contributed by atoms with Crippen LogP contribution in [0.15, 0.2) is 47.3 Å². The Balaban J connectivity index is 1.59. The molecule has 2 aromatic carbocycles. The van der Waals surface area contributed by atoms with E-state index in [0.717, 1.165) is 16.5 Å². The van der Waals surface area contributed by atoms with Crippen molar-refractivity contribution in [3.05, 3.63) is 75.3 Å². The molecule has 0 aliphatic heterocycles. The number of halogens is 1. The molecule has 0 aliphatic rings. The standard InChI is InChI=1S/C22H23FN2O3/c1-14-3-9-19(28-2)21-18(14)13-16(22(27)25-21)11-12-24-20(26)10-6-15-4-7-17(23)8-5-15/h3-5,7-9,13H,6,10-12H2,1-2H3,(H,24,26)(H,25,27). The fraction of sp³-hybridized carbons (Fsp3) is 0.273. The maximum atomic E-state index is 12.9. The van der Waals surface area contributed by atoms with E-state index in [1.54, 1.807) is 19.2 Å². The normalized spacial score (nSPS) is 10.8. The van der Waals surface area contributed by atoms with Crippen molar-refractivity contribution in [3.8, 4) is 5.75 Å². The number of H-pyrrole nitrogens is 1. The van der Waals surface area contributed by atoms with Crippen LogP contribution in [0.5, 0.6) is 5.75 Å². The first-order valence-corrected chi connectivity index (χ1v) is 9.18. The Morgan fingerprint density at radius 3 is 2.61 bits per heavy atom. The Kier molecular flexibility index (Phi) is 6.09. The first kappa shape index (κ1) is 19.6. The molecule has 0 atom stereocenters. The number of pyridine rings is 1. The van der Waals surface area contributed by atoms with Gasteiger partial charge in [0.2, 0.25) is 5.91 Å². The summed E-state index contributed by atoms with van der Waals surface area (Å²) < 4.78 is 18.2. The summed E-state index contributed by atoms with van der Waals surface area (Å²) in [5, 5.41) is 3.76. The Morgan fingerprint density at radius 1 is 1.14 bits per heavy atom. The van der Waals surface area contributed by atoms with Gasteiger partial charge < -0.3 is 15.0 Å². The second-order valence-corrected chi connectivity index (χ2v) is 6.72. The largest absolute Gasteiger partial charge is 0.495 e. The number of methoxy groups -OCH3 is 1. The summed E-state index contributed by atoms with van der Waals surface area (Å²) in [5.41, 5.74) is 3.06. The molecule has 1 aromatic heterocycles. The van der Waals surface area contributed by atoms with Crippen LogP contribution in [-0.4, -0.2) is 24.5 Å². The van der Waals surface area contributed by atoms with Crippen molar-refractivity contribution in [2.75, 3.05) is 13.7 Å². The predicted molar refractivity (Wildman–Crippen MR) is 107 cm³/mol. The number of amides is 1. The van der Waals surface area contributed by atoms with Crippen LogP contribution >= 0.6 is 0 Å². The number of carbonyl (C=O) groups is 1. The van der Waals surface area contributed by atoms with E-state index in [-0.39, 0.29) is 17.3 Å². The van der Waals surface area contributed by atoms with Gasteiger partial charge in [-0.15, -0.1) is 0 Å². The third kappa shape index (κ3) is 4.57. The molecule has 0 unspecified atom stereocenters. The molecule has 3 aromatic rings. The third-order valence-electron chi connectivity index (χ3n) is 4.76. The zero-order valence-corrected chi connectivity index (χ0v) is 16.0. The third-order valence-corrected chi connectivity index (χ3v) is 4.76. The zero-order chi connectivity index (χ0) is 20.1. The molecule has 5 nitrogen and oxygen atoms in total. The molecule has 0 saturated heterocycles. The number of hydrogen-bond acceptors (Lipinski definition) is 3. The lowest BCUT2D eigenvalue weighted by molar-refractivity contribution is -0.121. The number of benzene rings is 2. The van der Waals surface area contributed by atoms with Crippen molar-refractivity contribution < 1.29 is 13.9 Å². The van der Waals surface area contributed by atoms with Crippen molar-refractivity contribution in [1.29, 1.82) is 0 Å². The molecule has 1 heterocycles. The number of aromatic nitrogens is 1. The lowest BCUT2D eigenvalue weighted by atomic mass is 10.1. The van der Waals surface area contributed by atoms with Crippen LogP contribution in [0.2, 0.25) is 0 Å². The minimum Gasteiger partial charge on any atom is -0.495 e. The Labute approximate surface area is 162 Å². The molecule has 0 spiro atoms. The number of hydrogen-bond donors (Lipinski definition) is 2. The molecule has 0 bridgehead atoms. The van der Waals surface area contributed by atoms with Gasteiger partial charge in [0.05, 0.1) is 12.6 Å². The van der Waals surface area contributed by atoms with E-state index in [2.05, 4.69) is 10.3 Å². The van der Waals surface area contributed by atoms with E-state index >= 15 is 0 Å². The summed E-state index contributed by atoms with van der Waals surface area (Å²) in [4.78, 5) is 27.3. The fourth-order valence-corrected chi connectivity index (χ4v) is 3.14. The van der Waals surface area contributed by atoms with E-state index in [0.29, 0.717) is 42.6 Å². The van der Waals surface area contributed by atoms with E-state index in [4.69, 9.17) is 4.74 Å². The highest BCUT2D eigenvalue weighted by molar-refractivity contribution is 5.87. The SMILES string of the molecule is COc1ccc(C)c2cc(CCNC(=O)CCc3ccc(F)cc3)c(=O)[nH]c12. The Hall–Kier alpha value is -3.15. The van der Waals surface area contributed by atoms with Gasteiger partial charge in [0.1, 0.15) is 11.6 Å². The number of rotatable bonds is 7. The fourth-order valence-electron chi connectivity index (χ4n) is 3.14. The first-order valence-electron chi connectivity index (χ1n) is 9.18. The predicted octanol–water partition coefficient (Wildman–Crippen LogP) is 3.28. The second-order valence-electron chi connectivity index (χ2n) is 6.72. The molecular formula is C22H23FN2O3. The van der Waals surface area contributed by atoms with Crippen molar-refractivity contribution >= 4 is 16.8 Å². The number of aromatic amines is 1.